The lowest BCUT2D eigenvalue weighted by Crippen LogP contribution is -2.46. The van der Waals surface area contributed by atoms with Crippen molar-refractivity contribution < 1.29 is 9.53 Å². The Morgan fingerprint density at radius 1 is 1.56 bits per heavy atom. The van der Waals surface area contributed by atoms with Crippen LogP contribution in [0.5, 0.6) is 0 Å². The van der Waals surface area contributed by atoms with Gasteiger partial charge in [0.05, 0.1) is 12.1 Å². The number of hydrogen-bond donors (Lipinski definition) is 2. The van der Waals surface area contributed by atoms with Gasteiger partial charge in [-0.3, -0.25) is 4.79 Å². The third-order valence-electron chi connectivity index (χ3n) is 2.55. The summed E-state index contributed by atoms with van der Waals surface area (Å²) in [4.78, 5) is 11.8. The molecule has 2 heterocycles. The lowest BCUT2D eigenvalue weighted by Gasteiger charge is -2.22. The van der Waals surface area contributed by atoms with Crippen LogP contribution in [0.25, 0.3) is 0 Å². The van der Waals surface area contributed by atoms with Crippen LogP contribution in [0.3, 0.4) is 0 Å². The molecule has 3 N–H and O–H groups in total. The summed E-state index contributed by atoms with van der Waals surface area (Å²) < 4.78 is 5.25. The highest BCUT2D eigenvalue weighted by Gasteiger charge is 2.31. The maximum absolute atomic E-state index is 11.8. The quantitative estimate of drug-likeness (QED) is 0.733. The van der Waals surface area contributed by atoms with Crippen LogP contribution in [0.15, 0.2) is 12.1 Å². The summed E-state index contributed by atoms with van der Waals surface area (Å²) in [5.74, 6) is 0.0486. The topological polar surface area (TPSA) is 90.1 Å². The molecular formula is C10H14N4O2. The van der Waals surface area contributed by atoms with Gasteiger partial charge in [-0.15, -0.1) is 10.2 Å². The molecule has 1 saturated heterocycles. The predicted molar refractivity (Wildman–Crippen MR) is 57.8 cm³/mol. The largest absolute Gasteiger partial charge is 0.382 e. The average molecular weight is 222 g/mol. The van der Waals surface area contributed by atoms with Crippen LogP contribution in [-0.2, 0) is 4.74 Å². The van der Waals surface area contributed by atoms with Crippen molar-refractivity contribution in [1.82, 2.24) is 15.5 Å². The minimum atomic E-state index is -0.305. The highest BCUT2D eigenvalue weighted by atomic mass is 16.5. The van der Waals surface area contributed by atoms with Gasteiger partial charge < -0.3 is 15.8 Å². The molecule has 1 unspecified atom stereocenters. The van der Waals surface area contributed by atoms with Crippen LogP contribution in [0.4, 0.5) is 5.82 Å². The van der Waals surface area contributed by atoms with Crippen molar-refractivity contribution in [2.75, 3.05) is 18.9 Å². The molecular weight excluding hydrogens is 208 g/mol. The molecule has 0 saturated carbocycles. The predicted octanol–water partition coefficient (Wildman–Crippen LogP) is -0.0324. The van der Waals surface area contributed by atoms with Gasteiger partial charge in [0.25, 0.3) is 5.91 Å². The van der Waals surface area contributed by atoms with Gasteiger partial charge in [-0.05, 0) is 25.5 Å². The number of amides is 1. The summed E-state index contributed by atoms with van der Waals surface area (Å²) in [5.41, 5.74) is 5.35. The van der Waals surface area contributed by atoms with Crippen LogP contribution < -0.4 is 11.1 Å². The second kappa shape index (κ2) is 4.05. The van der Waals surface area contributed by atoms with Crippen LogP contribution in [0.2, 0.25) is 0 Å². The number of nitrogens with zero attached hydrogens (tertiary/aromatic N) is 2. The average Bonchev–Trinajstić information content (AvgIpc) is 2.65. The molecule has 1 aromatic heterocycles. The summed E-state index contributed by atoms with van der Waals surface area (Å²) in [6, 6.07) is 3.10. The molecule has 6 nitrogen and oxygen atoms in total. The molecule has 86 valence electrons. The number of hydrogen-bond acceptors (Lipinski definition) is 5. The Kier molecular flexibility index (Phi) is 2.74. The standard InChI is InChI=1S/C10H14N4O2/c1-10(4-5-16-6-10)12-9(15)7-2-3-8(11)14-13-7/h2-3H,4-6H2,1H3,(H2,11,14)(H,12,15). The maximum atomic E-state index is 11.8. The zero-order valence-electron chi connectivity index (χ0n) is 9.06. The molecule has 0 bridgehead atoms. The number of nitrogens with two attached hydrogens (primary N) is 1. The summed E-state index contributed by atoms with van der Waals surface area (Å²) in [7, 11) is 0. The Hall–Kier alpha value is -1.69. The van der Waals surface area contributed by atoms with E-state index in [9.17, 15) is 4.79 Å². The Labute approximate surface area is 93.2 Å². The summed E-state index contributed by atoms with van der Waals surface area (Å²) in [6.45, 7) is 3.15. The third kappa shape index (κ3) is 2.27. The van der Waals surface area contributed by atoms with Gasteiger partial charge in [-0.25, -0.2) is 0 Å². The van der Waals surface area contributed by atoms with Crippen molar-refractivity contribution in [3.8, 4) is 0 Å². The molecule has 0 aliphatic carbocycles. The molecule has 0 aromatic carbocycles. The van der Waals surface area contributed by atoms with Crippen molar-refractivity contribution in [3.63, 3.8) is 0 Å². The van der Waals surface area contributed by atoms with Crippen LogP contribution in [0.1, 0.15) is 23.8 Å². The Morgan fingerprint density at radius 3 is 2.94 bits per heavy atom. The number of nitrogens with one attached hydrogen (secondary N) is 1. The molecule has 1 atom stereocenters. The van der Waals surface area contributed by atoms with Crippen molar-refractivity contribution >= 4 is 11.7 Å². The highest BCUT2D eigenvalue weighted by Crippen LogP contribution is 2.17. The fraction of sp³-hybridized carbons (Fsp3) is 0.500. The van der Waals surface area contributed by atoms with Crippen molar-refractivity contribution in [2.24, 2.45) is 0 Å². The summed E-state index contributed by atoms with van der Waals surface area (Å²) in [5, 5.41) is 10.2. The minimum absolute atomic E-state index is 0.250. The van der Waals surface area contributed by atoms with E-state index in [0.717, 1.165) is 6.42 Å². The van der Waals surface area contributed by atoms with Gasteiger partial charge in [-0.1, -0.05) is 0 Å². The van der Waals surface area contributed by atoms with Gasteiger partial charge >= 0.3 is 0 Å². The summed E-state index contributed by atoms with van der Waals surface area (Å²) in [6.07, 6.45) is 0.807. The molecule has 0 radical (unpaired) electrons. The number of ether oxygens (including phenoxy) is 1. The van der Waals surface area contributed by atoms with E-state index in [1.54, 1.807) is 12.1 Å². The van der Waals surface area contributed by atoms with Crippen LogP contribution in [0, 0.1) is 0 Å². The fourth-order valence-electron chi connectivity index (χ4n) is 1.57. The van der Waals surface area contributed by atoms with E-state index < -0.39 is 0 Å². The second-order valence-electron chi connectivity index (χ2n) is 4.16. The van der Waals surface area contributed by atoms with Gasteiger partial charge in [-0.2, -0.15) is 0 Å². The number of nitrogen functional groups attached to an aromatic ring is 1. The Bertz CT molecular complexity index is 384. The zero-order chi connectivity index (χ0) is 11.6. The van der Waals surface area contributed by atoms with Crippen LogP contribution >= 0.6 is 0 Å². The lowest BCUT2D eigenvalue weighted by molar-refractivity contribution is 0.0884. The maximum Gasteiger partial charge on any atom is 0.272 e. The molecule has 16 heavy (non-hydrogen) atoms. The van der Waals surface area contributed by atoms with E-state index in [1.165, 1.54) is 0 Å². The van der Waals surface area contributed by atoms with Gasteiger partial charge in [0.15, 0.2) is 5.69 Å². The molecule has 1 aliphatic heterocycles. The molecule has 1 fully saturated rings. The van der Waals surface area contributed by atoms with E-state index >= 15 is 0 Å². The fourth-order valence-corrected chi connectivity index (χ4v) is 1.57. The second-order valence-corrected chi connectivity index (χ2v) is 4.16. The van der Waals surface area contributed by atoms with E-state index in [4.69, 9.17) is 10.5 Å². The first-order chi connectivity index (χ1) is 7.59. The SMILES string of the molecule is CC1(NC(=O)c2ccc(N)nn2)CCOC1. The molecule has 1 aliphatic rings. The van der Waals surface area contributed by atoms with Gasteiger partial charge in [0.1, 0.15) is 5.82 Å². The van der Waals surface area contributed by atoms with Crippen LogP contribution in [-0.4, -0.2) is 34.9 Å². The van der Waals surface area contributed by atoms with Gasteiger partial charge in [0, 0.05) is 6.61 Å². The molecule has 0 spiro atoms. The number of carbonyl (C=O) groups excluding carboxylic acids is 1. The number of anilines is 1. The molecule has 1 amide bonds. The first-order valence-electron chi connectivity index (χ1n) is 5.09. The van der Waals surface area contributed by atoms with E-state index in [0.29, 0.717) is 19.0 Å². The number of carbonyl (C=O) groups is 1. The van der Waals surface area contributed by atoms with E-state index in [-0.39, 0.29) is 17.1 Å². The van der Waals surface area contributed by atoms with Gasteiger partial charge in [0.2, 0.25) is 0 Å². The van der Waals surface area contributed by atoms with E-state index in [1.807, 2.05) is 6.92 Å². The minimum Gasteiger partial charge on any atom is -0.382 e. The van der Waals surface area contributed by atoms with Crippen molar-refractivity contribution in [3.05, 3.63) is 17.8 Å². The first-order valence-corrected chi connectivity index (χ1v) is 5.09. The molecule has 2 rings (SSSR count). The number of rotatable bonds is 2. The first kappa shape index (κ1) is 10.8. The van der Waals surface area contributed by atoms with Crippen molar-refractivity contribution in [2.45, 2.75) is 18.9 Å². The third-order valence-corrected chi connectivity index (χ3v) is 2.55. The Morgan fingerprint density at radius 2 is 2.38 bits per heavy atom. The molecule has 1 aromatic rings. The number of aromatic nitrogens is 2. The summed E-state index contributed by atoms with van der Waals surface area (Å²) >= 11 is 0. The zero-order valence-corrected chi connectivity index (χ0v) is 9.06. The smallest absolute Gasteiger partial charge is 0.272 e. The van der Waals surface area contributed by atoms with Crippen molar-refractivity contribution in [1.29, 1.82) is 0 Å². The normalized spacial score (nSPS) is 24.3. The lowest BCUT2D eigenvalue weighted by atomic mass is 10.0. The monoisotopic (exact) mass is 222 g/mol. The Balaban J connectivity index is 2.05. The van der Waals surface area contributed by atoms with E-state index in [2.05, 4.69) is 15.5 Å². The molecule has 6 heteroatoms. The highest BCUT2D eigenvalue weighted by molar-refractivity contribution is 5.92.